The van der Waals surface area contributed by atoms with Crippen LogP contribution in [0.1, 0.15) is 116 Å². The second-order valence-electron chi connectivity index (χ2n) is 11.9. The zero-order valence-electron chi connectivity index (χ0n) is 24.5. The van der Waals surface area contributed by atoms with Crippen molar-refractivity contribution in [3.05, 3.63) is 47.7 Å². The van der Waals surface area contributed by atoms with Gasteiger partial charge in [-0.25, -0.2) is 4.79 Å². The standard InChI is InChI=1S/C31H51NO4Si/c1-8-9-10-11-12-13-14-15-16-20-23-28(35-36-30(33)32-26-21-18-17-19-22-26)27-24-34-29(25(27)2)37(6,7)31(3,4)5/h17-19,21-22,24,28H,8-16,20,23H2,1-7H3,(H,32,33). The molecule has 0 aliphatic carbocycles. The third-order valence-corrected chi connectivity index (χ3v) is 13.3. The molecule has 1 aromatic heterocycles. The average molecular weight is 530 g/mol. The van der Waals surface area contributed by atoms with E-state index >= 15 is 0 Å². The van der Waals surface area contributed by atoms with E-state index < -0.39 is 14.2 Å². The maximum absolute atomic E-state index is 12.4. The smallest absolute Gasteiger partial charge is 0.443 e. The lowest BCUT2D eigenvalue weighted by Gasteiger charge is -2.35. The summed E-state index contributed by atoms with van der Waals surface area (Å²) in [5.74, 6) is 0. The molecule has 1 amide bonds. The first-order chi connectivity index (χ1) is 17.6. The molecule has 1 unspecified atom stereocenters. The number of nitrogens with one attached hydrogen (secondary N) is 1. The molecule has 6 heteroatoms. The fourth-order valence-corrected chi connectivity index (χ4v) is 6.66. The normalized spacial score (nSPS) is 12.9. The second kappa shape index (κ2) is 15.4. The van der Waals surface area contributed by atoms with Crippen molar-refractivity contribution in [3.63, 3.8) is 0 Å². The highest BCUT2D eigenvalue weighted by Gasteiger charge is 2.42. The Morgan fingerprint density at radius 2 is 1.51 bits per heavy atom. The van der Waals surface area contributed by atoms with E-state index in [0.717, 1.165) is 35.8 Å². The Labute approximate surface area is 226 Å². The summed E-state index contributed by atoms with van der Waals surface area (Å²) in [5, 5.41) is 3.97. The first-order valence-electron chi connectivity index (χ1n) is 14.4. The minimum atomic E-state index is -1.85. The van der Waals surface area contributed by atoms with Gasteiger partial charge in [-0.05, 0) is 36.1 Å². The van der Waals surface area contributed by atoms with Gasteiger partial charge in [0.05, 0.1) is 11.6 Å². The lowest BCUT2D eigenvalue weighted by atomic mass is 10.0. The van der Waals surface area contributed by atoms with Gasteiger partial charge in [0.2, 0.25) is 0 Å². The molecule has 1 N–H and O–H groups in total. The molecule has 1 aromatic carbocycles. The fraction of sp³-hybridized carbons (Fsp3) is 0.645. The summed E-state index contributed by atoms with van der Waals surface area (Å²) in [4.78, 5) is 23.4. The van der Waals surface area contributed by atoms with E-state index in [9.17, 15) is 4.79 Å². The highest BCUT2D eigenvalue weighted by atomic mass is 28.3. The Balaban J connectivity index is 1.98. The van der Waals surface area contributed by atoms with E-state index in [1.807, 2.05) is 36.6 Å². The zero-order valence-corrected chi connectivity index (χ0v) is 25.5. The highest BCUT2D eigenvalue weighted by Crippen LogP contribution is 2.38. The van der Waals surface area contributed by atoms with Crippen LogP contribution in [0, 0.1) is 6.92 Å². The van der Waals surface area contributed by atoms with Gasteiger partial charge in [-0.15, -0.1) is 0 Å². The number of benzene rings is 1. The SMILES string of the molecule is CCCCCCCCCCCCC(OOC(=O)Nc1ccccc1)c1coc([Si](C)(C)C(C)(C)C)c1C. The number of rotatable bonds is 16. The van der Waals surface area contributed by atoms with Crippen molar-refractivity contribution in [1.29, 1.82) is 0 Å². The molecule has 1 heterocycles. The number of carbonyl (C=O) groups excluding carboxylic acids is 1. The van der Waals surface area contributed by atoms with Gasteiger partial charge in [-0.1, -0.05) is 123 Å². The summed E-state index contributed by atoms with van der Waals surface area (Å²) in [5.41, 5.74) is 2.79. The minimum Gasteiger partial charge on any atom is -0.474 e. The molecule has 0 spiro atoms. The molecule has 2 rings (SSSR count). The van der Waals surface area contributed by atoms with Gasteiger partial charge in [-0.3, -0.25) is 10.2 Å². The van der Waals surface area contributed by atoms with Gasteiger partial charge in [-0.2, -0.15) is 4.89 Å². The van der Waals surface area contributed by atoms with E-state index in [1.54, 1.807) is 0 Å². The Morgan fingerprint density at radius 3 is 2.08 bits per heavy atom. The Morgan fingerprint density at radius 1 is 0.946 bits per heavy atom. The number of unbranched alkanes of at least 4 members (excludes halogenated alkanes) is 9. The Kier molecular flexibility index (Phi) is 13.0. The number of furan rings is 1. The lowest BCUT2D eigenvalue weighted by Crippen LogP contribution is -2.49. The number of hydrogen-bond acceptors (Lipinski definition) is 4. The van der Waals surface area contributed by atoms with Gasteiger partial charge in [0.1, 0.15) is 14.2 Å². The van der Waals surface area contributed by atoms with Crippen LogP contribution in [0.4, 0.5) is 10.5 Å². The summed E-state index contributed by atoms with van der Waals surface area (Å²) in [7, 11) is -1.85. The molecular formula is C31H51NO4Si. The zero-order chi connectivity index (χ0) is 27.3. The van der Waals surface area contributed by atoms with Gasteiger partial charge in [0.25, 0.3) is 0 Å². The first kappa shape index (κ1) is 31.2. The van der Waals surface area contributed by atoms with Crippen LogP contribution in [0.5, 0.6) is 0 Å². The van der Waals surface area contributed by atoms with E-state index in [0.29, 0.717) is 5.69 Å². The molecule has 1 atom stereocenters. The van der Waals surface area contributed by atoms with Gasteiger partial charge in [0, 0.05) is 11.3 Å². The monoisotopic (exact) mass is 529 g/mol. The number of amides is 1. The van der Waals surface area contributed by atoms with Crippen molar-refractivity contribution in [1.82, 2.24) is 0 Å². The molecule has 0 radical (unpaired) electrons. The van der Waals surface area contributed by atoms with E-state index in [1.165, 1.54) is 51.4 Å². The first-order valence-corrected chi connectivity index (χ1v) is 17.4. The van der Waals surface area contributed by atoms with Crippen LogP contribution in [0.2, 0.25) is 18.1 Å². The molecule has 2 aromatic rings. The Bertz CT molecular complexity index is 917. The number of anilines is 1. The van der Waals surface area contributed by atoms with Crippen LogP contribution in [0.25, 0.3) is 0 Å². The third kappa shape index (κ3) is 9.97. The molecule has 0 saturated heterocycles. The Hall–Kier alpha value is -2.05. The summed E-state index contributed by atoms with van der Waals surface area (Å²) in [6, 6.07) is 9.25. The highest BCUT2D eigenvalue weighted by molar-refractivity contribution is 6.91. The van der Waals surface area contributed by atoms with Crippen molar-refractivity contribution in [2.75, 3.05) is 5.32 Å². The molecule has 37 heavy (non-hydrogen) atoms. The summed E-state index contributed by atoms with van der Waals surface area (Å²) < 4.78 is 6.20. The van der Waals surface area contributed by atoms with Gasteiger partial charge < -0.3 is 4.42 Å². The average Bonchev–Trinajstić information content (AvgIpc) is 3.23. The van der Waals surface area contributed by atoms with Crippen LogP contribution >= 0.6 is 0 Å². The predicted molar refractivity (Wildman–Crippen MR) is 157 cm³/mol. The van der Waals surface area contributed by atoms with Crippen molar-refractivity contribution in [2.45, 2.75) is 129 Å². The van der Waals surface area contributed by atoms with Crippen molar-refractivity contribution < 1.29 is 19.0 Å². The quantitative estimate of drug-likeness (QED) is 0.102. The van der Waals surface area contributed by atoms with Crippen molar-refractivity contribution >= 4 is 25.2 Å². The van der Waals surface area contributed by atoms with Gasteiger partial charge in [0.15, 0.2) is 0 Å². The van der Waals surface area contributed by atoms with Gasteiger partial charge >= 0.3 is 6.09 Å². The fourth-order valence-electron chi connectivity index (χ4n) is 4.54. The van der Waals surface area contributed by atoms with E-state index in [-0.39, 0.29) is 11.1 Å². The van der Waals surface area contributed by atoms with E-state index in [4.69, 9.17) is 14.2 Å². The van der Waals surface area contributed by atoms with Crippen LogP contribution in [0.15, 0.2) is 41.0 Å². The van der Waals surface area contributed by atoms with Crippen LogP contribution < -0.4 is 10.7 Å². The number of hydrogen-bond donors (Lipinski definition) is 1. The van der Waals surface area contributed by atoms with Crippen molar-refractivity contribution in [2.24, 2.45) is 0 Å². The van der Waals surface area contributed by atoms with E-state index in [2.05, 4.69) is 53.0 Å². The topological polar surface area (TPSA) is 60.7 Å². The maximum Gasteiger partial charge on any atom is 0.443 e. The molecule has 0 saturated carbocycles. The molecule has 0 aliphatic rings. The summed E-state index contributed by atoms with van der Waals surface area (Å²) in [6.07, 6.45) is 14.4. The molecule has 0 fully saturated rings. The van der Waals surface area contributed by atoms with Crippen LogP contribution in [-0.2, 0) is 9.78 Å². The third-order valence-electron chi connectivity index (χ3n) is 7.95. The summed E-state index contributed by atoms with van der Waals surface area (Å²) in [6.45, 7) is 15.9. The summed E-state index contributed by atoms with van der Waals surface area (Å²) >= 11 is 0. The largest absolute Gasteiger partial charge is 0.474 e. The molecule has 5 nitrogen and oxygen atoms in total. The van der Waals surface area contributed by atoms with Crippen LogP contribution in [0.3, 0.4) is 0 Å². The lowest BCUT2D eigenvalue weighted by molar-refractivity contribution is -0.274. The number of carbonyl (C=O) groups is 1. The molecule has 0 bridgehead atoms. The second-order valence-corrected chi connectivity index (χ2v) is 17.1. The predicted octanol–water partition coefficient (Wildman–Crippen LogP) is 9.84. The number of para-hydroxylation sites is 1. The van der Waals surface area contributed by atoms with Crippen molar-refractivity contribution in [3.8, 4) is 0 Å². The molecule has 208 valence electrons. The molecule has 0 aliphatic heterocycles. The minimum absolute atomic E-state index is 0.159. The van der Waals surface area contributed by atoms with Crippen LogP contribution in [-0.4, -0.2) is 14.2 Å². The maximum atomic E-state index is 12.4. The molecular weight excluding hydrogens is 478 g/mol.